The number of likely N-dealkylation sites (tertiary alicyclic amines) is 1. The summed E-state index contributed by atoms with van der Waals surface area (Å²) in [6.07, 6.45) is 1.01. The van der Waals surface area contributed by atoms with Crippen LogP contribution in [-0.2, 0) is 11.3 Å². The fourth-order valence-electron chi connectivity index (χ4n) is 4.24. The zero-order chi connectivity index (χ0) is 18.4. The van der Waals surface area contributed by atoms with Crippen molar-refractivity contribution in [1.29, 1.82) is 0 Å². The fraction of sp³-hybridized carbons (Fsp3) is 0.400. The topological polar surface area (TPSA) is 71.8 Å². The average Bonchev–Trinajstić information content (AvgIpc) is 2.62. The van der Waals surface area contributed by atoms with E-state index in [1.807, 2.05) is 15.5 Å². The predicted octanol–water partition coefficient (Wildman–Crippen LogP) is 2.20. The summed E-state index contributed by atoms with van der Waals surface area (Å²) in [6, 6.07) is 8.75. The zero-order valence-electron chi connectivity index (χ0n) is 14.9. The number of aromatic nitrogens is 1. The van der Waals surface area contributed by atoms with Gasteiger partial charge in [0.2, 0.25) is 5.91 Å². The molecule has 26 heavy (non-hydrogen) atoms. The first-order valence-corrected chi connectivity index (χ1v) is 8.84. The second kappa shape index (κ2) is 6.20. The van der Waals surface area contributed by atoms with Crippen molar-refractivity contribution in [2.75, 3.05) is 20.2 Å². The highest BCUT2D eigenvalue weighted by atomic mass is 16.5. The molecule has 0 aliphatic carbocycles. The molecule has 1 N–H and O–H groups in total. The first kappa shape index (κ1) is 16.7. The Kier molecular flexibility index (Phi) is 3.98. The third-order valence-electron chi connectivity index (χ3n) is 5.51. The Labute approximate surface area is 151 Å². The number of amides is 1. The van der Waals surface area contributed by atoms with Crippen molar-refractivity contribution < 1.29 is 14.6 Å². The van der Waals surface area contributed by atoms with E-state index in [2.05, 4.69) is 0 Å². The van der Waals surface area contributed by atoms with E-state index >= 15 is 0 Å². The van der Waals surface area contributed by atoms with E-state index in [-0.39, 0.29) is 23.1 Å². The molecule has 1 amide bonds. The SMILES string of the molecule is COc1cc(-c2cc3n(c(=O)c2)C[C@H]2C[C@@H]3CN(C(C)=O)C2)ccc1O. The highest BCUT2D eigenvalue weighted by molar-refractivity contribution is 5.73. The predicted molar refractivity (Wildman–Crippen MR) is 97.5 cm³/mol. The van der Waals surface area contributed by atoms with Gasteiger partial charge >= 0.3 is 0 Å². The minimum atomic E-state index is -0.0180. The first-order chi connectivity index (χ1) is 12.5. The number of pyridine rings is 1. The lowest BCUT2D eigenvalue weighted by Crippen LogP contribution is -2.48. The van der Waals surface area contributed by atoms with Crippen molar-refractivity contribution >= 4 is 5.91 Å². The third kappa shape index (κ3) is 2.75. The van der Waals surface area contributed by atoms with Crippen molar-refractivity contribution in [3.8, 4) is 22.6 Å². The van der Waals surface area contributed by atoms with Gasteiger partial charge in [0, 0.05) is 44.2 Å². The van der Waals surface area contributed by atoms with Gasteiger partial charge in [0.15, 0.2) is 11.5 Å². The van der Waals surface area contributed by atoms with Crippen LogP contribution in [0.15, 0.2) is 35.1 Å². The first-order valence-electron chi connectivity index (χ1n) is 8.84. The van der Waals surface area contributed by atoms with Gasteiger partial charge in [-0.15, -0.1) is 0 Å². The molecule has 0 unspecified atom stereocenters. The van der Waals surface area contributed by atoms with E-state index in [1.54, 1.807) is 31.2 Å². The Hall–Kier alpha value is -2.76. The maximum absolute atomic E-state index is 12.7. The highest BCUT2D eigenvalue weighted by Gasteiger charge is 2.35. The summed E-state index contributed by atoms with van der Waals surface area (Å²) in [7, 11) is 1.50. The molecule has 2 aliphatic rings. The number of hydrogen-bond donors (Lipinski definition) is 1. The molecule has 1 fully saturated rings. The standard InChI is InChI=1S/C20H22N2O4/c1-12(23)21-9-13-5-16(11-21)17-6-15(8-20(25)22(17)10-13)14-3-4-18(24)19(7-14)26-2/h3-4,6-8,13,16,24H,5,9-11H2,1-2H3/t13-,16+/m0/s1. The number of carbonyl (C=O) groups is 1. The number of piperidine rings is 1. The number of fused-ring (bicyclic) bond motifs is 4. The van der Waals surface area contributed by atoms with E-state index in [4.69, 9.17) is 4.74 Å². The van der Waals surface area contributed by atoms with Crippen LogP contribution >= 0.6 is 0 Å². The van der Waals surface area contributed by atoms with Gasteiger partial charge in [-0.1, -0.05) is 6.07 Å². The molecule has 3 heterocycles. The largest absolute Gasteiger partial charge is 0.504 e. The summed E-state index contributed by atoms with van der Waals surface area (Å²) in [5.41, 5.74) is 2.59. The molecule has 136 valence electrons. The van der Waals surface area contributed by atoms with Gasteiger partial charge in [0.1, 0.15) is 0 Å². The van der Waals surface area contributed by atoms with Gasteiger partial charge in [0.05, 0.1) is 7.11 Å². The van der Waals surface area contributed by atoms with Gasteiger partial charge in [0.25, 0.3) is 5.56 Å². The zero-order valence-corrected chi connectivity index (χ0v) is 14.9. The Morgan fingerprint density at radius 2 is 1.96 bits per heavy atom. The molecule has 0 spiro atoms. The molecule has 0 saturated carbocycles. The number of hydrogen-bond acceptors (Lipinski definition) is 4. The van der Waals surface area contributed by atoms with E-state index < -0.39 is 0 Å². The van der Waals surface area contributed by atoms with Crippen LogP contribution in [0.4, 0.5) is 0 Å². The van der Waals surface area contributed by atoms with E-state index in [9.17, 15) is 14.7 Å². The van der Waals surface area contributed by atoms with Gasteiger partial charge in [-0.05, 0) is 41.7 Å². The van der Waals surface area contributed by atoms with Crippen molar-refractivity contribution in [1.82, 2.24) is 9.47 Å². The van der Waals surface area contributed by atoms with Crippen LogP contribution in [0.2, 0.25) is 0 Å². The van der Waals surface area contributed by atoms with E-state index in [0.717, 1.165) is 29.8 Å². The van der Waals surface area contributed by atoms with Crippen molar-refractivity contribution in [3.63, 3.8) is 0 Å². The van der Waals surface area contributed by atoms with E-state index in [0.29, 0.717) is 24.8 Å². The maximum Gasteiger partial charge on any atom is 0.251 e. The summed E-state index contributed by atoms with van der Waals surface area (Å²) < 4.78 is 7.04. The quantitative estimate of drug-likeness (QED) is 0.897. The second-order valence-corrected chi connectivity index (χ2v) is 7.23. The van der Waals surface area contributed by atoms with Crippen LogP contribution in [0.25, 0.3) is 11.1 Å². The molecule has 2 atom stereocenters. The number of rotatable bonds is 2. The highest BCUT2D eigenvalue weighted by Crippen LogP contribution is 2.37. The number of phenolic OH excluding ortho intramolecular Hbond substituents is 1. The number of nitrogens with zero attached hydrogens (tertiary/aromatic N) is 2. The Balaban J connectivity index is 1.78. The second-order valence-electron chi connectivity index (χ2n) is 7.23. The summed E-state index contributed by atoms with van der Waals surface area (Å²) in [4.78, 5) is 26.4. The molecule has 2 aromatic rings. The summed E-state index contributed by atoms with van der Waals surface area (Å²) in [5, 5.41) is 9.80. The van der Waals surface area contributed by atoms with Crippen LogP contribution in [0.1, 0.15) is 25.0 Å². The molecule has 0 radical (unpaired) electrons. The smallest absolute Gasteiger partial charge is 0.251 e. The number of methoxy groups -OCH3 is 1. The Morgan fingerprint density at radius 1 is 1.15 bits per heavy atom. The lowest BCUT2D eigenvalue weighted by atomic mass is 9.82. The molecular formula is C20H22N2O4. The van der Waals surface area contributed by atoms with Gasteiger partial charge in [-0.2, -0.15) is 0 Å². The number of benzene rings is 1. The minimum Gasteiger partial charge on any atom is -0.504 e. The average molecular weight is 354 g/mol. The number of aromatic hydroxyl groups is 1. The molecule has 6 nitrogen and oxygen atoms in total. The molecule has 2 bridgehead atoms. The molecule has 6 heteroatoms. The van der Waals surface area contributed by atoms with Crippen molar-refractivity contribution in [3.05, 3.63) is 46.4 Å². The maximum atomic E-state index is 12.7. The van der Waals surface area contributed by atoms with Crippen LogP contribution in [0, 0.1) is 5.92 Å². The van der Waals surface area contributed by atoms with E-state index in [1.165, 1.54) is 7.11 Å². The van der Waals surface area contributed by atoms with Gasteiger partial charge < -0.3 is 19.3 Å². The number of carbonyl (C=O) groups excluding carboxylic acids is 1. The molecule has 4 rings (SSSR count). The molecular weight excluding hydrogens is 332 g/mol. The lowest BCUT2D eigenvalue weighted by Gasteiger charge is -2.42. The Bertz CT molecular complexity index is 934. The van der Waals surface area contributed by atoms with Crippen molar-refractivity contribution in [2.45, 2.75) is 25.8 Å². The Morgan fingerprint density at radius 3 is 2.69 bits per heavy atom. The van der Waals surface area contributed by atoms with Crippen LogP contribution in [0.5, 0.6) is 11.5 Å². The van der Waals surface area contributed by atoms with Crippen LogP contribution < -0.4 is 10.3 Å². The van der Waals surface area contributed by atoms with Crippen LogP contribution in [0.3, 0.4) is 0 Å². The molecule has 1 saturated heterocycles. The molecule has 1 aromatic carbocycles. The summed E-state index contributed by atoms with van der Waals surface area (Å²) in [6.45, 7) is 3.66. The summed E-state index contributed by atoms with van der Waals surface area (Å²) in [5.74, 6) is 1.05. The van der Waals surface area contributed by atoms with Gasteiger partial charge in [-0.25, -0.2) is 0 Å². The normalized spacial score (nSPS) is 21.2. The third-order valence-corrected chi connectivity index (χ3v) is 5.51. The summed E-state index contributed by atoms with van der Waals surface area (Å²) >= 11 is 0. The van der Waals surface area contributed by atoms with Crippen molar-refractivity contribution in [2.24, 2.45) is 5.92 Å². The minimum absolute atomic E-state index is 0.0180. The molecule has 1 aromatic heterocycles. The number of ether oxygens (including phenoxy) is 1. The monoisotopic (exact) mass is 354 g/mol. The van der Waals surface area contributed by atoms with Gasteiger partial charge in [-0.3, -0.25) is 9.59 Å². The fourth-order valence-corrected chi connectivity index (χ4v) is 4.24. The van der Waals surface area contributed by atoms with Crippen LogP contribution in [-0.4, -0.2) is 40.7 Å². The number of phenols is 1. The lowest BCUT2D eigenvalue weighted by molar-refractivity contribution is -0.131. The molecule has 2 aliphatic heterocycles.